The standard InChI is InChI=1S/C38H63N7O10/c1-27(2)23-32(28(3)46)44-36(49)31(11-7-13-39)43-35(48)26-55-22-20-52-17-14-41-34(47)25-54-21-19-53-18-15-42-37(50)33-12-8-16-45(33)38(51)30(40)24-29-9-5-4-6-10-29/h4-6,9-10,27,30-33H,7-8,11-26,39-40H2,1-3H3,(H,41,47)(H,42,50)(H,43,48)(H,44,49)/t30-,31+,32+,33?/m1/s1. The second-order valence-corrected chi connectivity index (χ2v) is 13.8. The Morgan fingerprint density at radius 2 is 1.44 bits per heavy atom. The quantitative estimate of drug-likeness (QED) is 0.0548. The summed E-state index contributed by atoms with van der Waals surface area (Å²) in [5, 5.41) is 10.9. The molecule has 2 rings (SSSR count). The zero-order valence-corrected chi connectivity index (χ0v) is 32.7. The number of nitrogens with one attached hydrogen (secondary N) is 4. The highest BCUT2D eigenvalue weighted by atomic mass is 16.5. The Morgan fingerprint density at radius 3 is 2.05 bits per heavy atom. The molecule has 310 valence electrons. The van der Waals surface area contributed by atoms with Crippen LogP contribution in [0.1, 0.15) is 58.4 Å². The van der Waals surface area contributed by atoms with Gasteiger partial charge in [-0.2, -0.15) is 0 Å². The van der Waals surface area contributed by atoms with Crippen molar-refractivity contribution in [2.24, 2.45) is 17.4 Å². The van der Waals surface area contributed by atoms with Crippen molar-refractivity contribution in [2.75, 3.05) is 79.0 Å². The predicted octanol–water partition coefficient (Wildman–Crippen LogP) is -0.810. The van der Waals surface area contributed by atoms with Gasteiger partial charge in [-0.05, 0) is 63.5 Å². The van der Waals surface area contributed by atoms with Gasteiger partial charge in [0.1, 0.15) is 25.3 Å². The SMILES string of the molecule is CC(=O)[C@H](CC(C)C)NC(=O)[C@H](CCCN)NC(=O)COCCOCCNC(=O)COCCOCCNC(=O)C1CCCN1C(=O)[C@H](N)Cc1ccccc1. The highest BCUT2D eigenvalue weighted by molar-refractivity contribution is 5.92. The van der Waals surface area contributed by atoms with E-state index in [-0.39, 0.29) is 95.4 Å². The van der Waals surface area contributed by atoms with Gasteiger partial charge in [0.05, 0.1) is 51.7 Å². The molecule has 8 N–H and O–H groups in total. The summed E-state index contributed by atoms with van der Waals surface area (Å²) in [6.45, 7) is 7.45. The van der Waals surface area contributed by atoms with E-state index in [4.69, 9.17) is 30.4 Å². The fourth-order valence-electron chi connectivity index (χ4n) is 5.82. The summed E-state index contributed by atoms with van der Waals surface area (Å²) in [4.78, 5) is 76.5. The number of likely N-dealkylation sites (tertiary alicyclic amines) is 1. The normalized spacial score (nSPS) is 15.6. The van der Waals surface area contributed by atoms with Crippen LogP contribution in [-0.2, 0) is 54.1 Å². The molecule has 0 saturated carbocycles. The maximum absolute atomic E-state index is 13.0. The number of ether oxygens (including phenoxy) is 4. The summed E-state index contributed by atoms with van der Waals surface area (Å²) in [5.41, 5.74) is 12.7. The van der Waals surface area contributed by atoms with E-state index in [1.54, 1.807) is 4.90 Å². The van der Waals surface area contributed by atoms with Gasteiger partial charge in [-0.3, -0.25) is 28.8 Å². The molecule has 0 bridgehead atoms. The second-order valence-electron chi connectivity index (χ2n) is 13.8. The van der Waals surface area contributed by atoms with Crippen molar-refractivity contribution < 1.29 is 47.7 Å². The van der Waals surface area contributed by atoms with Gasteiger partial charge >= 0.3 is 0 Å². The van der Waals surface area contributed by atoms with Crippen molar-refractivity contribution in [3.8, 4) is 0 Å². The lowest BCUT2D eigenvalue weighted by Gasteiger charge is -2.26. The van der Waals surface area contributed by atoms with Crippen LogP contribution < -0.4 is 32.7 Å². The molecule has 1 aliphatic rings. The van der Waals surface area contributed by atoms with E-state index in [1.165, 1.54) is 6.92 Å². The largest absolute Gasteiger partial charge is 0.377 e. The summed E-state index contributed by atoms with van der Waals surface area (Å²) in [6, 6.07) is 6.81. The molecular formula is C38H63N7O10. The summed E-state index contributed by atoms with van der Waals surface area (Å²) < 4.78 is 21.6. The van der Waals surface area contributed by atoms with Crippen LogP contribution in [0.25, 0.3) is 0 Å². The molecule has 17 heteroatoms. The third-order valence-electron chi connectivity index (χ3n) is 8.64. The zero-order chi connectivity index (χ0) is 40.4. The molecule has 17 nitrogen and oxygen atoms in total. The van der Waals surface area contributed by atoms with E-state index in [2.05, 4.69) is 21.3 Å². The van der Waals surface area contributed by atoms with Crippen molar-refractivity contribution in [1.82, 2.24) is 26.2 Å². The topological polar surface area (TPSA) is 243 Å². The van der Waals surface area contributed by atoms with Gasteiger partial charge in [0.2, 0.25) is 29.5 Å². The van der Waals surface area contributed by atoms with E-state index in [9.17, 15) is 28.8 Å². The van der Waals surface area contributed by atoms with Gasteiger partial charge in [-0.1, -0.05) is 44.2 Å². The van der Waals surface area contributed by atoms with Crippen LogP contribution in [0.5, 0.6) is 0 Å². The first-order valence-electron chi connectivity index (χ1n) is 19.2. The Bertz CT molecular complexity index is 1320. The Balaban J connectivity index is 1.47. The van der Waals surface area contributed by atoms with Gasteiger partial charge in [0.15, 0.2) is 5.78 Å². The number of rotatable bonds is 29. The molecule has 0 aliphatic carbocycles. The summed E-state index contributed by atoms with van der Waals surface area (Å²) in [6.07, 6.45) is 3.07. The van der Waals surface area contributed by atoms with Gasteiger partial charge in [-0.15, -0.1) is 0 Å². The van der Waals surface area contributed by atoms with Gasteiger partial charge in [0, 0.05) is 19.6 Å². The second kappa shape index (κ2) is 27.6. The van der Waals surface area contributed by atoms with E-state index in [1.807, 2.05) is 44.2 Å². The number of ketones is 1. The lowest BCUT2D eigenvalue weighted by Crippen LogP contribution is -2.52. The number of amides is 5. The molecule has 1 aliphatic heterocycles. The minimum Gasteiger partial charge on any atom is -0.377 e. The molecule has 0 aromatic heterocycles. The molecule has 1 fully saturated rings. The molecule has 0 spiro atoms. The maximum atomic E-state index is 13.0. The number of nitrogens with two attached hydrogens (primary N) is 2. The molecule has 1 aromatic rings. The smallest absolute Gasteiger partial charge is 0.246 e. The van der Waals surface area contributed by atoms with Crippen LogP contribution in [0.3, 0.4) is 0 Å². The summed E-state index contributed by atoms with van der Waals surface area (Å²) >= 11 is 0. The van der Waals surface area contributed by atoms with E-state index >= 15 is 0 Å². The highest BCUT2D eigenvalue weighted by Gasteiger charge is 2.36. The molecule has 0 radical (unpaired) electrons. The van der Waals surface area contributed by atoms with Gasteiger partial charge in [-0.25, -0.2) is 0 Å². The summed E-state index contributed by atoms with van der Waals surface area (Å²) in [5.74, 6) is -1.65. The maximum Gasteiger partial charge on any atom is 0.246 e. The molecule has 4 atom stereocenters. The van der Waals surface area contributed by atoms with Crippen molar-refractivity contribution in [1.29, 1.82) is 0 Å². The average Bonchev–Trinajstić information content (AvgIpc) is 3.65. The molecule has 55 heavy (non-hydrogen) atoms. The minimum atomic E-state index is -0.838. The number of benzene rings is 1. The van der Waals surface area contributed by atoms with Crippen LogP contribution in [-0.4, -0.2) is 143 Å². The third-order valence-corrected chi connectivity index (χ3v) is 8.64. The van der Waals surface area contributed by atoms with Crippen molar-refractivity contribution >= 4 is 35.3 Å². The van der Waals surface area contributed by atoms with Crippen LogP contribution in [0.2, 0.25) is 0 Å². The number of carbonyl (C=O) groups is 6. The first-order chi connectivity index (χ1) is 26.4. The highest BCUT2D eigenvalue weighted by Crippen LogP contribution is 2.19. The lowest BCUT2D eigenvalue weighted by atomic mass is 10.00. The molecule has 1 aromatic carbocycles. The van der Waals surface area contributed by atoms with E-state index in [0.29, 0.717) is 45.2 Å². The van der Waals surface area contributed by atoms with Crippen LogP contribution in [0, 0.1) is 5.92 Å². The molecule has 5 amide bonds. The minimum absolute atomic E-state index is 0.122. The van der Waals surface area contributed by atoms with Crippen LogP contribution >= 0.6 is 0 Å². The molecule has 1 heterocycles. The third kappa shape index (κ3) is 19.9. The van der Waals surface area contributed by atoms with Crippen LogP contribution in [0.15, 0.2) is 30.3 Å². The monoisotopic (exact) mass is 777 g/mol. The lowest BCUT2D eigenvalue weighted by molar-refractivity contribution is -0.139. The fourth-order valence-corrected chi connectivity index (χ4v) is 5.82. The molecular weight excluding hydrogens is 714 g/mol. The summed E-state index contributed by atoms with van der Waals surface area (Å²) in [7, 11) is 0. The number of hydrogen-bond acceptors (Lipinski definition) is 12. The Morgan fingerprint density at radius 1 is 0.818 bits per heavy atom. The Hall–Kier alpha value is -4.00. The Labute approximate surface area is 324 Å². The molecule has 1 unspecified atom stereocenters. The number of hydrogen-bond donors (Lipinski definition) is 6. The van der Waals surface area contributed by atoms with Crippen molar-refractivity contribution in [2.45, 2.75) is 83.5 Å². The van der Waals surface area contributed by atoms with Gasteiger partial charge < -0.3 is 56.6 Å². The van der Waals surface area contributed by atoms with E-state index in [0.717, 1.165) is 12.0 Å². The van der Waals surface area contributed by atoms with E-state index < -0.39 is 36.0 Å². The number of carbonyl (C=O) groups excluding carboxylic acids is 6. The van der Waals surface area contributed by atoms with Crippen molar-refractivity contribution in [3.05, 3.63) is 35.9 Å². The zero-order valence-electron chi connectivity index (χ0n) is 32.7. The van der Waals surface area contributed by atoms with Gasteiger partial charge in [0.25, 0.3) is 0 Å². The molecule has 1 saturated heterocycles. The Kier molecular flexibility index (Phi) is 23.6. The number of Topliss-reactive ketones (excluding diaryl/α,β-unsaturated/α-hetero) is 1. The first-order valence-corrected chi connectivity index (χ1v) is 19.2. The fraction of sp³-hybridized carbons (Fsp3) is 0.684. The van der Waals surface area contributed by atoms with Crippen molar-refractivity contribution in [3.63, 3.8) is 0 Å². The first kappa shape index (κ1) is 47.2. The van der Waals surface area contributed by atoms with Crippen LogP contribution in [0.4, 0.5) is 0 Å². The number of nitrogens with zero attached hydrogens (tertiary/aromatic N) is 1. The predicted molar refractivity (Wildman–Crippen MR) is 204 cm³/mol. The average molecular weight is 778 g/mol.